The van der Waals surface area contributed by atoms with Gasteiger partial charge in [-0.05, 0) is 52.7 Å². The van der Waals surface area contributed by atoms with Gasteiger partial charge in [0.15, 0.2) is 0 Å². The zero-order chi connectivity index (χ0) is 13.7. The number of aromatic nitrogens is 1. The van der Waals surface area contributed by atoms with Crippen LogP contribution in [0.4, 0.5) is 21.7 Å². The zero-order valence-corrected chi connectivity index (χ0v) is 12.2. The molecule has 0 bridgehead atoms. The molecule has 1 heterocycles. The van der Waals surface area contributed by atoms with E-state index < -0.39 is 0 Å². The fraction of sp³-hybridized carbons (Fsp3) is 0.214. The summed E-state index contributed by atoms with van der Waals surface area (Å²) in [5, 5.41) is 6.29. The predicted octanol–water partition coefficient (Wildman–Crippen LogP) is 4.55. The molecule has 2 aromatic rings. The third kappa shape index (κ3) is 3.92. The maximum Gasteiger partial charge on any atom is 0.139 e. The average molecular weight is 324 g/mol. The first kappa shape index (κ1) is 13.8. The molecule has 3 nitrogen and oxygen atoms in total. The molecule has 5 heteroatoms. The number of nitrogens with zero attached hydrogens (tertiary/aromatic N) is 1. The minimum atomic E-state index is -0.301. The van der Waals surface area contributed by atoms with Crippen molar-refractivity contribution in [1.29, 1.82) is 0 Å². The fourth-order valence-electron chi connectivity index (χ4n) is 1.58. The Kier molecular flexibility index (Phi) is 4.74. The molecule has 2 rings (SSSR count). The topological polar surface area (TPSA) is 37.0 Å². The molecular weight excluding hydrogens is 309 g/mol. The summed E-state index contributed by atoms with van der Waals surface area (Å²) >= 11 is 3.13. The van der Waals surface area contributed by atoms with Gasteiger partial charge in [-0.3, -0.25) is 0 Å². The van der Waals surface area contributed by atoms with Gasteiger partial charge in [-0.1, -0.05) is 13.0 Å². The number of hydrogen-bond acceptors (Lipinski definition) is 3. The Balaban J connectivity index is 2.11. The Morgan fingerprint density at radius 1 is 1.21 bits per heavy atom. The molecule has 1 aromatic carbocycles. The summed E-state index contributed by atoms with van der Waals surface area (Å²) in [5.41, 5.74) is 0.667. The average Bonchev–Trinajstić information content (AvgIpc) is 2.41. The van der Waals surface area contributed by atoms with E-state index in [9.17, 15) is 4.39 Å². The quantitative estimate of drug-likeness (QED) is 0.847. The van der Waals surface area contributed by atoms with Gasteiger partial charge >= 0.3 is 0 Å². The van der Waals surface area contributed by atoms with Crippen molar-refractivity contribution in [3.63, 3.8) is 0 Å². The largest absolute Gasteiger partial charge is 0.370 e. The predicted molar refractivity (Wildman–Crippen MR) is 80.4 cm³/mol. The molecule has 0 aliphatic carbocycles. The van der Waals surface area contributed by atoms with Gasteiger partial charge in [0.1, 0.15) is 17.5 Å². The molecule has 0 radical (unpaired) electrons. The van der Waals surface area contributed by atoms with Crippen LogP contribution < -0.4 is 10.6 Å². The summed E-state index contributed by atoms with van der Waals surface area (Å²) in [7, 11) is 0. The molecule has 19 heavy (non-hydrogen) atoms. The number of halogens is 2. The van der Waals surface area contributed by atoms with E-state index in [0.29, 0.717) is 16.0 Å². The maximum atomic E-state index is 13.4. The van der Waals surface area contributed by atoms with Gasteiger partial charge in [-0.15, -0.1) is 0 Å². The van der Waals surface area contributed by atoms with Gasteiger partial charge < -0.3 is 10.6 Å². The van der Waals surface area contributed by atoms with Crippen molar-refractivity contribution in [1.82, 2.24) is 4.98 Å². The first-order valence-electron chi connectivity index (χ1n) is 6.12. The van der Waals surface area contributed by atoms with E-state index in [1.165, 1.54) is 6.07 Å². The number of anilines is 3. The van der Waals surface area contributed by atoms with Gasteiger partial charge in [-0.25, -0.2) is 9.37 Å². The van der Waals surface area contributed by atoms with Crippen LogP contribution in [0.5, 0.6) is 0 Å². The van der Waals surface area contributed by atoms with Crippen LogP contribution in [0.3, 0.4) is 0 Å². The van der Waals surface area contributed by atoms with E-state index in [1.54, 1.807) is 12.1 Å². The lowest BCUT2D eigenvalue weighted by molar-refractivity contribution is 0.622. The molecule has 0 atom stereocenters. The van der Waals surface area contributed by atoms with Crippen LogP contribution in [0, 0.1) is 5.82 Å². The van der Waals surface area contributed by atoms with Crippen molar-refractivity contribution >= 4 is 33.3 Å². The van der Waals surface area contributed by atoms with E-state index in [1.807, 2.05) is 18.2 Å². The van der Waals surface area contributed by atoms with Crippen LogP contribution in [-0.4, -0.2) is 11.5 Å². The minimum absolute atomic E-state index is 0.301. The van der Waals surface area contributed by atoms with E-state index in [2.05, 4.69) is 38.5 Å². The molecule has 0 aliphatic heterocycles. The van der Waals surface area contributed by atoms with Crippen LogP contribution in [0.1, 0.15) is 13.3 Å². The van der Waals surface area contributed by atoms with E-state index in [0.717, 1.165) is 18.8 Å². The first-order chi connectivity index (χ1) is 9.19. The van der Waals surface area contributed by atoms with Crippen molar-refractivity contribution in [2.24, 2.45) is 0 Å². The smallest absolute Gasteiger partial charge is 0.139 e. The van der Waals surface area contributed by atoms with Crippen LogP contribution in [0.15, 0.2) is 40.9 Å². The normalized spacial score (nSPS) is 10.3. The van der Waals surface area contributed by atoms with Crippen molar-refractivity contribution in [3.8, 4) is 0 Å². The third-order valence-electron chi connectivity index (χ3n) is 2.50. The summed E-state index contributed by atoms with van der Waals surface area (Å²) < 4.78 is 13.9. The lowest BCUT2D eigenvalue weighted by atomic mass is 10.3. The van der Waals surface area contributed by atoms with Gasteiger partial charge in [0.2, 0.25) is 0 Å². The van der Waals surface area contributed by atoms with Crippen LogP contribution in [-0.2, 0) is 0 Å². The highest BCUT2D eigenvalue weighted by atomic mass is 79.9. The molecule has 0 saturated carbocycles. The standard InChI is InChI=1S/C14H15BrFN3/c1-2-8-17-13-4-3-5-14(19-13)18-10-6-7-11(15)12(16)9-10/h3-7,9H,2,8H2,1H3,(H2,17,18,19). The van der Waals surface area contributed by atoms with Crippen molar-refractivity contribution in [2.45, 2.75) is 13.3 Å². The van der Waals surface area contributed by atoms with Gasteiger partial charge in [0.25, 0.3) is 0 Å². The molecule has 0 amide bonds. The third-order valence-corrected chi connectivity index (χ3v) is 3.14. The molecule has 2 N–H and O–H groups in total. The van der Waals surface area contributed by atoms with E-state index in [-0.39, 0.29) is 5.82 Å². The van der Waals surface area contributed by atoms with E-state index >= 15 is 0 Å². The zero-order valence-electron chi connectivity index (χ0n) is 10.6. The van der Waals surface area contributed by atoms with Gasteiger partial charge in [0.05, 0.1) is 4.47 Å². The molecule has 0 spiro atoms. The lowest BCUT2D eigenvalue weighted by Crippen LogP contribution is -2.03. The maximum absolute atomic E-state index is 13.4. The van der Waals surface area contributed by atoms with Crippen molar-refractivity contribution in [2.75, 3.05) is 17.2 Å². The Morgan fingerprint density at radius 3 is 2.74 bits per heavy atom. The highest BCUT2D eigenvalue weighted by molar-refractivity contribution is 9.10. The molecule has 0 fully saturated rings. The number of pyridine rings is 1. The second kappa shape index (κ2) is 6.52. The summed E-state index contributed by atoms with van der Waals surface area (Å²) in [6, 6.07) is 10.5. The Bertz CT molecular complexity index is 560. The Morgan fingerprint density at radius 2 is 2.00 bits per heavy atom. The molecule has 0 aliphatic rings. The van der Waals surface area contributed by atoms with E-state index in [4.69, 9.17) is 0 Å². The minimum Gasteiger partial charge on any atom is -0.370 e. The highest BCUT2D eigenvalue weighted by Gasteiger charge is 2.02. The van der Waals surface area contributed by atoms with Crippen LogP contribution >= 0.6 is 15.9 Å². The molecular formula is C14H15BrFN3. The lowest BCUT2D eigenvalue weighted by Gasteiger charge is -2.09. The molecule has 1 aromatic heterocycles. The number of nitrogens with one attached hydrogen (secondary N) is 2. The van der Waals surface area contributed by atoms with Crippen LogP contribution in [0.25, 0.3) is 0 Å². The van der Waals surface area contributed by atoms with Gasteiger partial charge in [-0.2, -0.15) is 0 Å². The summed E-state index contributed by atoms with van der Waals surface area (Å²) in [4.78, 5) is 4.40. The molecule has 0 saturated heterocycles. The first-order valence-corrected chi connectivity index (χ1v) is 6.91. The molecule has 100 valence electrons. The Hall–Kier alpha value is -1.62. The highest BCUT2D eigenvalue weighted by Crippen LogP contribution is 2.22. The molecule has 0 unspecified atom stereocenters. The van der Waals surface area contributed by atoms with Crippen molar-refractivity contribution < 1.29 is 4.39 Å². The SMILES string of the molecule is CCCNc1cccc(Nc2ccc(Br)c(F)c2)n1. The Labute approximate surface area is 120 Å². The summed E-state index contributed by atoms with van der Waals surface area (Å²) in [5.74, 6) is 1.19. The number of benzene rings is 1. The number of rotatable bonds is 5. The second-order valence-electron chi connectivity index (χ2n) is 4.09. The van der Waals surface area contributed by atoms with Crippen molar-refractivity contribution in [3.05, 3.63) is 46.7 Å². The fourth-order valence-corrected chi connectivity index (χ4v) is 1.82. The second-order valence-corrected chi connectivity index (χ2v) is 4.94. The summed E-state index contributed by atoms with van der Waals surface area (Å²) in [6.45, 7) is 2.98. The monoisotopic (exact) mass is 323 g/mol. The summed E-state index contributed by atoms with van der Waals surface area (Å²) in [6.07, 6.45) is 1.04. The number of hydrogen-bond donors (Lipinski definition) is 2. The van der Waals surface area contributed by atoms with Crippen LogP contribution in [0.2, 0.25) is 0 Å². The van der Waals surface area contributed by atoms with Gasteiger partial charge in [0, 0.05) is 12.2 Å².